The number of carbonyl (C=O) groups excluding carboxylic acids is 2. The van der Waals surface area contributed by atoms with Crippen LogP contribution in [0.4, 0.5) is 0 Å². The van der Waals surface area contributed by atoms with E-state index in [4.69, 9.17) is 5.73 Å². The summed E-state index contributed by atoms with van der Waals surface area (Å²) in [5.74, 6) is -0.496. The maximum absolute atomic E-state index is 10.9. The Labute approximate surface area is 72.1 Å². The molecule has 2 amide bonds. The van der Waals surface area contributed by atoms with Gasteiger partial charge in [-0.15, -0.1) is 0 Å². The zero-order valence-corrected chi connectivity index (χ0v) is 7.70. The van der Waals surface area contributed by atoms with E-state index in [1.165, 1.54) is 11.9 Å². The summed E-state index contributed by atoms with van der Waals surface area (Å²) in [5.41, 5.74) is 4.95. The normalized spacial score (nSPS) is 10.0. The van der Waals surface area contributed by atoms with Gasteiger partial charge in [-0.2, -0.15) is 0 Å². The summed E-state index contributed by atoms with van der Waals surface area (Å²) in [6.45, 7) is 1.79. The molecule has 0 aromatic rings. The lowest BCUT2D eigenvalue weighted by molar-refractivity contribution is -0.142. The highest BCUT2D eigenvalue weighted by molar-refractivity contribution is 5.76. The Bertz CT molecular complexity index is 179. The Morgan fingerprint density at radius 3 is 2.08 bits per heavy atom. The molecule has 0 fully saturated rings. The molecule has 0 radical (unpaired) electrons. The first-order chi connectivity index (χ1) is 5.45. The summed E-state index contributed by atoms with van der Waals surface area (Å²) in [4.78, 5) is 21.3. The molecule has 0 unspecified atom stereocenters. The van der Waals surface area contributed by atoms with E-state index in [0.717, 1.165) is 0 Å². The van der Waals surface area contributed by atoms with Crippen LogP contribution in [0.1, 0.15) is 13.3 Å². The van der Waals surface area contributed by atoms with Gasteiger partial charge in [0, 0.05) is 34.0 Å². The van der Waals surface area contributed by atoms with Gasteiger partial charge in [-0.05, 0) is 0 Å². The minimum absolute atomic E-state index is 0.0961. The Kier molecular flexibility index (Phi) is 4.28. The zero-order chi connectivity index (χ0) is 9.72. The van der Waals surface area contributed by atoms with Crippen molar-refractivity contribution >= 4 is 11.8 Å². The second kappa shape index (κ2) is 4.71. The largest absolute Gasteiger partial charge is 0.370 e. The average molecular weight is 173 g/mol. The van der Waals surface area contributed by atoms with Crippen LogP contribution in [0.2, 0.25) is 0 Å². The van der Waals surface area contributed by atoms with Crippen molar-refractivity contribution in [3.05, 3.63) is 0 Å². The van der Waals surface area contributed by atoms with Gasteiger partial charge in [-0.25, -0.2) is 5.01 Å². The first kappa shape index (κ1) is 10.9. The molecule has 0 atom stereocenters. The number of amides is 2. The standard InChI is InChI=1S/C7H15N3O2/c1-6(11)10(9(2)3)5-4-7(8)12/h4-5H2,1-3H3,(H2,8,12). The number of carbonyl (C=O) groups is 2. The summed E-state index contributed by atoms with van der Waals surface area (Å²) in [7, 11) is 3.48. The molecule has 0 saturated carbocycles. The number of nitrogens with zero attached hydrogens (tertiary/aromatic N) is 2. The number of hydrogen-bond donors (Lipinski definition) is 1. The molecule has 0 aliphatic rings. The number of hydrogen-bond acceptors (Lipinski definition) is 3. The molecule has 5 heteroatoms. The maximum Gasteiger partial charge on any atom is 0.233 e. The Morgan fingerprint density at radius 2 is 1.83 bits per heavy atom. The van der Waals surface area contributed by atoms with Crippen LogP contribution in [0.25, 0.3) is 0 Å². The van der Waals surface area contributed by atoms with Gasteiger partial charge in [-0.3, -0.25) is 14.6 Å². The Hall–Kier alpha value is -1.10. The van der Waals surface area contributed by atoms with Gasteiger partial charge >= 0.3 is 0 Å². The van der Waals surface area contributed by atoms with Crippen molar-refractivity contribution < 1.29 is 9.59 Å². The zero-order valence-electron chi connectivity index (χ0n) is 7.70. The Morgan fingerprint density at radius 1 is 1.33 bits per heavy atom. The second-order valence-electron chi connectivity index (χ2n) is 2.71. The van der Waals surface area contributed by atoms with Crippen molar-refractivity contribution in [2.45, 2.75) is 13.3 Å². The van der Waals surface area contributed by atoms with Gasteiger partial charge < -0.3 is 5.73 Å². The predicted molar refractivity (Wildman–Crippen MR) is 44.9 cm³/mol. The van der Waals surface area contributed by atoms with Gasteiger partial charge in [0.15, 0.2) is 0 Å². The monoisotopic (exact) mass is 173 g/mol. The van der Waals surface area contributed by atoms with Gasteiger partial charge in [0.1, 0.15) is 0 Å². The molecular formula is C7H15N3O2. The number of hydrazine groups is 1. The van der Waals surface area contributed by atoms with Gasteiger partial charge in [-0.1, -0.05) is 0 Å². The molecule has 0 bridgehead atoms. The summed E-state index contributed by atoms with van der Waals surface area (Å²) in [6.07, 6.45) is 0.192. The van der Waals surface area contributed by atoms with Crippen LogP contribution >= 0.6 is 0 Å². The molecule has 0 spiro atoms. The van der Waals surface area contributed by atoms with Crippen LogP contribution < -0.4 is 5.73 Å². The first-order valence-electron chi connectivity index (χ1n) is 3.68. The van der Waals surface area contributed by atoms with Crippen molar-refractivity contribution in [1.29, 1.82) is 0 Å². The van der Waals surface area contributed by atoms with Crippen LogP contribution in [0.15, 0.2) is 0 Å². The number of nitrogens with two attached hydrogens (primary N) is 1. The molecule has 0 rings (SSSR count). The summed E-state index contributed by atoms with van der Waals surface area (Å²) < 4.78 is 0. The summed E-state index contributed by atoms with van der Waals surface area (Å²) in [6, 6.07) is 0. The topological polar surface area (TPSA) is 66.6 Å². The second-order valence-corrected chi connectivity index (χ2v) is 2.71. The lowest BCUT2D eigenvalue weighted by atomic mass is 10.4. The van der Waals surface area contributed by atoms with E-state index < -0.39 is 5.91 Å². The highest BCUT2D eigenvalue weighted by Crippen LogP contribution is 1.94. The third kappa shape index (κ3) is 3.92. The fourth-order valence-corrected chi connectivity index (χ4v) is 0.855. The maximum atomic E-state index is 10.9. The van der Waals surface area contributed by atoms with Crippen LogP contribution in [0, 0.1) is 0 Å². The third-order valence-corrected chi connectivity index (χ3v) is 1.42. The predicted octanol–water partition coefficient (Wildman–Crippen LogP) is -0.813. The molecular weight excluding hydrogens is 158 g/mol. The van der Waals surface area contributed by atoms with Crippen molar-refractivity contribution in [2.75, 3.05) is 20.6 Å². The first-order valence-corrected chi connectivity index (χ1v) is 3.68. The highest BCUT2D eigenvalue weighted by atomic mass is 16.2. The van der Waals surface area contributed by atoms with E-state index in [1.807, 2.05) is 0 Å². The Balaban J connectivity index is 3.97. The van der Waals surface area contributed by atoms with E-state index in [0.29, 0.717) is 6.54 Å². The van der Waals surface area contributed by atoms with Crippen molar-refractivity contribution in [3.8, 4) is 0 Å². The van der Waals surface area contributed by atoms with Gasteiger partial charge in [0.25, 0.3) is 0 Å². The van der Waals surface area contributed by atoms with Crippen molar-refractivity contribution in [2.24, 2.45) is 5.73 Å². The van der Waals surface area contributed by atoms with Gasteiger partial charge in [0.05, 0.1) is 0 Å². The number of primary amides is 1. The minimum Gasteiger partial charge on any atom is -0.370 e. The lowest BCUT2D eigenvalue weighted by Gasteiger charge is -2.26. The van der Waals surface area contributed by atoms with E-state index >= 15 is 0 Å². The van der Waals surface area contributed by atoms with E-state index in [-0.39, 0.29) is 12.3 Å². The van der Waals surface area contributed by atoms with Crippen LogP contribution in [-0.2, 0) is 9.59 Å². The molecule has 0 aliphatic carbocycles. The van der Waals surface area contributed by atoms with Crippen molar-refractivity contribution in [3.63, 3.8) is 0 Å². The molecule has 0 aliphatic heterocycles. The molecule has 70 valence electrons. The van der Waals surface area contributed by atoms with Crippen LogP contribution in [0.5, 0.6) is 0 Å². The quantitative estimate of drug-likeness (QED) is 0.565. The molecule has 0 heterocycles. The molecule has 5 nitrogen and oxygen atoms in total. The molecule has 12 heavy (non-hydrogen) atoms. The summed E-state index contributed by atoms with van der Waals surface area (Å²) >= 11 is 0. The fourth-order valence-electron chi connectivity index (χ4n) is 0.855. The highest BCUT2D eigenvalue weighted by Gasteiger charge is 2.11. The average Bonchev–Trinajstić information content (AvgIpc) is 1.84. The molecule has 0 aromatic carbocycles. The number of rotatable bonds is 4. The lowest BCUT2D eigenvalue weighted by Crippen LogP contribution is -2.42. The SMILES string of the molecule is CC(=O)N(CCC(N)=O)N(C)C. The van der Waals surface area contributed by atoms with Crippen molar-refractivity contribution in [1.82, 2.24) is 10.0 Å². The fraction of sp³-hybridized carbons (Fsp3) is 0.714. The van der Waals surface area contributed by atoms with E-state index in [2.05, 4.69) is 0 Å². The van der Waals surface area contributed by atoms with Crippen LogP contribution in [0.3, 0.4) is 0 Å². The minimum atomic E-state index is -0.400. The summed E-state index contributed by atoms with van der Waals surface area (Å²) in [5, 5.41) is 3.08. The van der Waals surface area contributed by atoms with Gasteiger partial charge in [0.2, 0.25) is 11.8 Å². The van der Waals surface area contributed by atoms with E-state index in [1.54, 1.807) is 19.1 Å². The molecule has 2 N–H and O–H groups in total. The molecule has 0 saturated heterocycles. The third-order valence-electron chi connectivity index (χ3n) is 1.42. The molecule has 0 aromatic heterocycles. The smallest absolute Gasteiger partial charge is 0.233 e. The van der Waals surface area contributed by atoms with E-state index in [9.17, 15) is 9.59 Å². The van der Waals surface area contributed by atoms with Crippen LogP contribution in [-0.4, -0.2) is 42.5 Å².